The summed E-state index contributed by atoms with van der Waals surface area (Å²) in [5.41, 5.74) is 2.11. The number of carbonyl (C=O) groups is 1. The standard InChI is InChI=1S/C19H19NO3/c21-19(16-12-23-18-9-5-4-8-15(16)18)20-10-11-22-13-17(20)14-6-2-1-3-7-14/h1-9,16-17H,10-13H2. The smallest absolute Gasteiger partial charge is 0.234 e. The van der Waals surface area contributed by atoms with Gasteiger partial charge in [0.05, 0.1) is 19.3 Å². The molecule has 2 aromatic rings. The van der Waals surface area contributed by atoms with Gasteiger partial charge in [-0.05, 0) is 11.6 Å². The first-order valence-electron chi connectivity index (χ1n) is 7.99. The van der Waals surface area contributed by atoms with E-state index in [1.54, 1.807) is 0 Å². The number of benzene rings is 2. The van der Waals surface area contributed by atoms with E-state index in [0.717, 1.165) is 16.9 Å². The van der Waals surface area contributed by atoms with Crippen molar-refractivity contribution in [3.8, 4) is 5.75 Å². The van der Waals surface area contributed by atoms with Gasteiger partial charge in [-0.15, -0.1) is 0 Å². The van der Waals surface area contributed by atoms with Crippen LogP contribution in [0.2, 0.25) is 0 Å². The predicted octanol–water partition coefficient (Wildman–Crippen LogP) is 2.76. The maximum Gasteiger partial charge on any atom is 0.234 e. The lowest BCUT2D eigenvalue weighted by Crippen LogP contribution is -2.45. The molecule has 2 aliphatic heterocycles. The molecule has 2 atom stereocenters. The van der Waals surface area contributed by atoms with Crippen LogP contribution in [-0.4, -0.2) is 37.2 Å². The second kappa shape index (κ2) is 6.05. The summed E-state index contributed by atoms with van der Waals surface area (Å²) < 4.78 is 11.3. The molecule has 2 heterocycles. The number of fused-ring (bicyclic) bond motifs is 1. The highest BCUT2D eigenvalue weighted by molar-refractivity contribution is 5.86. The van der Waals surface area contributed by atoms with Gasteiger partial charge in [0.2, 0.25) is 5.91 Å². The van der Waals surface area contributed by atoms with Gasteiger partial charge < -0.3 is 14.4 Å². The number of morpholine rings is 1. The van der Waals surface area contributed by atoms with E-state index >= 15 is 0 Å². The average Bonchev–Trinajstić information content (AvgIpc) is 3.06. The molecule has 0 saturated carbocycles. The number of hydrogen-bond acceptors (Lipinski definition) is 3. The molecule has 4 rings (SSSR count). The van der Waals surface area contributed by atoms with Gasteiger partial charge in [0.1, 0.15) is 18.3 Å². The summed E-state index contributed by atoms with van der Waals surface area (Å²) in [4.78, 5) is 15.1. The number of ether oxygens (including phenoxy) is 2. The second-order valence-corrected chi connectivity index (χ2v) is 5.93. The molecule has 2 aliphatic rings. The lowest BCUT2D eigenvalue weighted by atomic mass is 9.97. The quantitative estimate of drug-likeness (QED) is 0.856. The molecule has 4 heteroatoms. The Labute approximate surface area is 135 Å². The number of para-hydroxylation sites is 1. The van der Waals surface area contributed by atoms with Gasteiger partial charge in [0, 0.05) is 12.1 Å². The van der Waals surface area contributed by atoms with Crippen LogP contribution in [0.25, 0.3) is 0 Å². The van der Waals surface area contributed by atoms with Crippen LogP contribution in [-0.2, 0) is 9.53 Å². The molecule has 2 unspecified atom stereocenters. The van der Waals surface area contributed by atoms with Crippen molar-refractivity contribution >= 4 is 5.91 Å². The number of nitrogens with zero attached hydrogens (tertiary/aromatic N) is 1. The van der Waals surface area contributed by atoms with Gasteiger partial charge >= 0.3 is 0 Å². The molecule has 1 saturated heterocycles. The van der Waals surface area contributed by atoms with Crippen molar-refractivity contribution in [1.82, 2.24) is 4.90 Å². The summed E-state index contributed by atoms with van der Waals surface area (Å²) in [5, 5.41) is 0. The third kappa shape index (κ3) is 2.59. The third-order valence-electron chi connectivity index (χ3n) is 4.59. The minimum atomic E-state index is -0.212. The van der Waals surface area contributed by atoms with Crippen molar-refractivity contribution in [3.63, 3.8) is 0 Å². The lowest BCUT2D eigenvalue weighted by molar-refractivity contribution is -0.142. The van der Waals surface area contributed by atoms with Crippen LogP contribution >= 0.6 is 0 Å². The SMILES string of the molecule is O=C(C1COc2ccccc21)N1CCOCC1c1ccccc1. The molecule has 0 aliphatic carbocycles. The maximum absolute atomic E-state index is 13.1. The number of rotatable bonds is 2. The minimum Gasteiger partial charge on any atom is -0.492 e. The summed E-state index contributed by atoms with van der Waals surface area (Å²) in [7, 11) is 0. The second-order valence-electron chi connectivity index (χ2n) is 5.93. The van der Waals surface area contributed by atoms with Crippen molar-refractivity contribution in [2.45, 2.75) is 12.0 Å². The molecule has 0 spiro atoms. The molecule has 0 aromatic heterocycles. The van der Waals surface area contributed by atoms with Gasteiger partial charge in [-0.3, -0.25) is 4.79 Å². The van der Waals surface area contributed by atoms with Crippen LogP contribution < -0.4 is 4.74 Å². The Morgan fingerprint density at radius 2 is 1.78 bits per heavy atom. The predicted molar refractivity (Wildman–Crippen MR) is 86.4 cm³/mol. The van der Waals surface area contributed by atoms with Crippen LogP contribution in [0.3, 0.4) is 0 Å². The number of amides is 1. The fraction of sp³-hybridized carbons (Fsp3) is 0.316. The number of hydrogen-bond donors (Lipinski definition) is 0. The Bertz CT molecular complexity index is 701. The minimum absolute atomic E-state index is 0.0230. The van der Waals surface area contributed by atoms with E-state index in [1.807, 2.05) is 47.4 Å². The highest BCUT2D eigenvalue weighted by Crippen LogP contribution is 2.36. The van der Waals surface area contributed by atoms with E-state index in [4.69, 9.17) is 9.47 Å². The van der Waals surface area contributed by atoms with Gasteiger partial charge in [-0.1, -0.05) is 48.5 Å². The molecule has 0 radical (unpaired) electrons. The average molecular weight is 309 g/mol. The van der Waals surface area contributed by atoms with Gasteiger partial charge in [0.15, 0.2) is 0 Å². The van der Waals surface area contributed by atoms with E-state index in [9.17, 15) is 4.79 Å². The van der Waals surface area contributed by atoms with Crippen molar-refractivity contribution in [1.29, 1.82) is 0 Å². The summed E-state index contributed by atoms with van der Waals surface area (Å²) in [6.07, 6.45) is 0. The van der Waals surface area contributed by atoms with E-state index in [0.29, 0.717) is 26.4 Å². The molecule has 118 valence electrons. The maximum atomic E-state index is 13.1. The fourth-order valence-electron chi connectivity index (χ4n) is 3.39. The Balaban J connectivity index is 1.62. The zero-order valence-electron chi connectivity index (χ0n) is 12.9. The first-order valence-corrected chi connectivity index (χ1v) is 7.99. The van der Waals surface area contributed by atoms with E-state index in [2.05, 4.69) is 12.1 Å². The highest BCUT2D eigenvalue weighted by Gasteiger charge is 2.37. The van der Waals surface area contributed by atoms with E-state index < -0.39 is 0 Å². The van der Waals surface area contributed by atoms with Crippen LogP contribution in [0, 0.1) is 0 Å². The Hall–Kier alpha value is -2.33. The normalized spacial score (nSPS) is 23.2. The largest absolute Gasteiger partial charge is 0.492 e. The molecule has 1 fully saturated rings. The first kappa shape index (κ1) is 14.3. The summed E-state index contributed by atoms with van der Waals surface area (Å²) >= 11 is 0. The zero-order valence-corrected chi connectivity index (χ0v) is 12.9. The van der Waals surface area contributed by atoms with Gasteiger partial charge in [-0.25, -0.2) is 0 Å². The van der Waals surface area contributed by atoms with E-state index in [1.165, 1.54) is 0 Å². The van der Waals surface area contributed by atoms with Crippen molar-refractivity contribution < 1.29 is 14.3 Å². The highest BCUT2D eigenvalue weighted by atomic mass is 16.5. The van der Waals surface area contributed by atoms with E-state index in [-0.39, 0.29) is 17.9 Å². The van der Waals surface area contributed by atoms with Gasteiger partial charge in [-0.2, -0.15) is 0 Å². The third-order valence-corrected chi connectivity index (χ3v) is 4.59. The van der Waals surface area contributed by atoms with Crippen LogP contribution in [0.1, 0.15) is 23.1 Å². The Morgan fingerprint density at radius 1 is 1.00 bits per heavy atom. The molecule has 23 heavy (non-hydrogen) atoms. The molecule has 4 nitrogen and oxygen atoms in total. The molecule has 0 bridgehead atoms. The van der Waals surface area contributed by atoms with Crippen molar-refractivity contribution in [3.05, 3.63) is 65.7 Å². The zero-order chi connectivity index (χ0) is 15.6. The van der Waals surface area contributed by atoms with Crippen LogP contribution in [0.4, 0.5) is 0 Å². The summed E-state index contributed by atoms with van der Waals surface area (Å²) in [5.74, 6) is 0.748. The Morgan fingerprint density at radius 3 is 2.65 bits per heavy atom. The monoisotopic (exact) mass is 309 g/mol. The van der Waals surface area contributed by atoms with Crippen molar-refractivity contribution in [2.75, 3.05) is 26.4 Å². The molecular formula is C19H19NO3. The fourth-order valence-corrected chi connectivity index (χ4v) is 3.39. The lowest BCUT2D eigenvalue weighted by Gasteiger charge is -2.37. The Kier molecular flexibility index (Phi) is 3.75. The molecule has 1 amide bonds. The van der Waals surface area contributed by atoms with Crippen LogP contribution in [0.15, 0.2) is 54.6 Å². The molecule has 2 aromatic carbocycles. The summed E-state index contributed by atoms with van der Waals surface area (Å²) in [6.45, 7) is 2.18. The molecule has 0 N–H and O–H groups in total. The summed E-state index contributed by atoms with van der Waals surface area (Å²) in [6, 6.07) is 17.9. The topological polar surface area (TPSA) is 38.8 Å². The van der Waals surface area contributed by atoms with Gasteiger partial charge in [0.25, 0.3) is 0 Å². The molecular weight excluding hydrogens is 290 g/mol. The number of carbonyl (C=O) groups excluding carboxylic acids is 1. The van der Waals surface area contributed by atoms with Crippen LogP contribution in [0.5, 0.6) is 5.75 Å². The van der Waals surface area contributed by atoms with Crippen molar-refractivity contribution in [2.24, 2.45) is 0 Å². The first-order chi connectivity index (χ1) is 11.3.